The summed E-state index contributed by atoms with van der Waals surface area (Å²) in [6.45, 7) is 0.295. The van der Waals surface area contributed by atoms with Gasteiger partial charge in [0.1, 0.15) is 6.04 Å². The summed E-state index contributed by atoms with van der Waals surface area (Å²) < 4.78 is 0. The lowest BCUT2D eigenvalue weighted by Crippen LogP contribution is -2.47. The molecule has 7 heteroatoms. The van der Waals surface area contributed by atoms with Gasteiger partial charge in [-0.1, -0.05) is 55.1 Å². The van der Waals surface area contributed by atoms with Crippen molar-refractivity contribution >= 4 is 34.8 Å². The average Bonchev–Trinajstić information content (AvgIpc) is 3.34. The fourth-order valence-electron chi connectivity index (χ4n) is 4.32. The Kier molecular flexibility index (Phi) is 8.13. The predicted octanol–water partition coefficient (Wildman–Crippen LogP) is 5.56. The van der Waals surface area contributed by atoms with Crippen molar-refractivity contribution in [3.8, 4) is 0 Å². The highest BCUT2D eigenvalue weighted by Gasteiger charge is 2.33. The Bertz CT molecular complexity index is 1040. The number of amides is 2. The van der Waals surface area contributed by atoms with Crippen LogP contribution in [0, 0.1) is 0 Å². The van der Waals surface area contributed by atoms with Crippen LogP contribution >= 0.6 is 22.9 Å². The van der Waals surface area contributed by atoms with Gasteiger partial charge in [-0.2, -0.15) is 0 Å². The van der Waals surface area contributed by atoms with Gasteiger partial charge in [0.05, 0.1) is 6.42 Å². The van der Waals surface area contributed by atoms with Gasteiger partial charge in [0, 0.05) is 34.9 Å². The third-order valence-corrected chi connectivity index (χ3v) is 7.13. The Balaban J connectivity index is 1.67. The van der Waals surface area contributed by atoms with E-state index in [9.17, 15) is 9.59 Å². The number of nitrogens with zero attached hydrogens (tertiary/aromatic N) is 2. The molecule has 4 rings (SSSR count). The summed E-state index contributed by atoms with van der Waals surface area (Å²) in [7, 11) is 0. The molecule has 1 saturated carbocycles. The monoisotopic (exact) mass is 481 g/mol. The molecule has 0 radical (unpaired) electrons. The van der Waals surface area contributed by atoms with E-state index in [0.717, 1.165) is 41.7 Å². The predicted molar refractivity (Wildman–Crippen MR) is 132 cm³/mol. The molecule has 0 bridgehead atoms. The molecule has 1 aromatic carbocycles. The highest BCUT2D eigenvalue weighted by molar-refractivity contribution is 7.10. The van der Waals surface area contributed by atoms with E-state index in [1.807, 2.05) is 41.8 Å². The molecule has 172 valence electrons. The molecule has 33 heavy (non-hydrogen) atoms. The number of rotatable bonds is 8. The summed E-state index contributed by atoms with van der Waals surface area (Å²) in [6, 6.07) is 14.3. The van der Waals surface area contributed by atoms with Crippen molar-refractivity contribution in [2.24, 2.45) is 0 Å². The molecule has 0 spiro atoms. The lowest BCUT2D eigenvalue weighted by atomic mass is 9.94. The van der Waals surface area contributed by atoms with Gasteiger partial charge in [-0.05, 0) is 53.6 Å². The van der Waals surface area contributed by atoms with Gasteiger partial charge in [0.25, 0.3) is 0 Å². The average molecular weight is 482 g/mol. The molecule has 1 atom stereocenters. The normalized spacial score (nSPS) is 15.1. The number of thiophene rings is 1. The summed E-state index contributed by atoms with van der Waals surface area (Å²) in [5, 5.41) is 5.78. The van der Waals surface area contributed by atoms with Crippen LogP contribution in [0.3, 0.4) is 0 Å². The van der Waals surface area contributed by atoms with Gasteiger partial charge in [-0.25, -0.2) is 0 Å². The minimum absolute atomic E-state index is 0.0972. The first kappa shape index (κ1) is 23.5. The fourth-order valence-corrected chi connectivity index (χ4v) is 5.14. The van der Waals surface area contributed by atoms with Crippen LogP contribution in [0.15, 0.2) is 66.3 Å². The number of halogens is 1. The van der Waals surface area contributed by atoms with E-state index in [1.54, 1.807) is 40.8 Å². The second-order valence-electron chi connectivity index (χ2n) is 8.44. The van der Waals surface area contributed by atoms with Crippen molar-refractivity contribution in [2.75, 3.05) is 0 Å². The van der Waals surface area contributed by atoms with Crippen molar-refractivity contribution < 1.29 is 9.59 Å². The van der Waals surface area contributed by atoms with E-state index in [1.165, 1.54) is 6.42 Å². The number of benzene rings is 1. The Morgan fingerprint density at radius 2 is 1.88 bits per heavy atom. The smallest absolute Gasteiger partial charge is 0.247 e. The quantitative estimate of drug-likeness (QED) is 0.458. The Morgan fingerprint density at radius 3 is 2.55 bits per heavy atom. The first-order valence-corrected chi connectivity index (χ1v) is 12.6. The van der Waals surface area contributed by atoms with E-state index >= 15 is 0 Å². The molecule has 2 heterocycles. The standard InChI is InChI=1S/C26H28ClN3O2S/c27-21-12-10-20(11-13-21)25(26(32)29-22-7-2-1-3-8-22)30(18-19-6-4-14-28-17-19)24(31)16-23-9-5-15-33-23/h4-6,9-15,17,22,25H,1-3,7-8,16,18H2,(H,29,32). The van der Waals surface area contributed by atoms with Crippen LogP contribution in [0.1, 0.15) is 54.1 Å². The fraction of sp³-hybridized carbons (Fsp3) is 0.346. The van der Waals surface area contributed by atoms with Crippen LogP contribution in [-0.4, -0.2) is 27.7 Å². The maximum atomic E-state index is 13.7. The number of aromatic nitrogens is 1. The van der Waals surface area contributed by atoms with E-state index in [2.05, 4.69) is 10.3 Å². The Labute approximate surface area is 203 Å². The van der Waals surface area contributed by atoms with Crippen molar-refractivity contribution in [1.82, 2.24) is 15.2 Å². The zero-order valence-electron chi connectivity index (χ0n) is 18.5. The van der Waals surface area contributed by atoms with Gasteiger partial charge in [-0.15, -0.1) is 11.3 Å². The SMILES string of the molecule is O=C(NC1CCCCC1)C(c1ccc(Cl)cc1)N(Cc1cccnc1)C(=O)Cc1cccs1. The zero-order chi connectivity index (χ0) is 23.0. The molecular formula is C26H28ClN3O2S. The van der Waals surface area contributed by atoms with E-state index in [-0.39, 0.29) is 24.3 Å². The van der Waals surface area contributed by atoms with Gasteiger partial charge >= 0.3 is 0 Å². The van der Waals surface area contributed by atoms with Crippen molar-refractivity contribution in [1.29, 1.82) is 0 Å². The first-order valence-electron chi connectivity index (χ1n) is 11.4. The number of carbonyl (C=O) groups excluding carboxylic acids is 2. The van der Waals surface area contributed by atoms with Gasteiger partial charge in [-0.3, -0.25) is 14.6 Å². The molecule has 3 aromatic rings. The number of hydrogen-bond donors (Lipinski definition) is 1. The minimum Gasteiger partial charge on any atom is -0.351 e. The third-order valence-electron chi connectivity index (χ3n) is 6.00. The molecule has 1 fully saturated rings. The molecule has 1 aliphatic carbocycles. The second kappa shape index (κ2) is 11.4. The zero-order valence-corrected chi connectivity index (χ0v) is 20.0. The van der Waals surface area contributed by atoms with Crippen LogP contribution in [0.4, 0.5) is 0 Å². The van der Waals surface area contributed by atoms with Crippen LogP contribution in [0.25, 0.3) is 0 Å². The Hall–Kier alpha value is -2.70. The topological polar surface area (TPSA) is 62.3 Å². The van der Waals surface area contributed by atoms with Crippen molar-refractivity contribution in [3.05, 3.63) is 87.3 Å². The molecule has 2 amide bonds. The lowest BCUT2D eigenvalue weighted by molar-refractivity contribution is -0.141. The first-order chi connectivity index (χ1) is 16.1. The molecule has 5 nitrogen and oxygen atoms in total. The summed E-state index contributed by atoms with van der Waals surface area (Å²) in [5.41, 5.74) is 1.62. The van der Waals surface area contributed by atoms with E-state index in [4.69, 9.17) is 11.6 Å². The largest absolute Gasteiger partial charge is 0.351 e. The Morgan fingerprint density at radius 1 is 1.09 bits per heavy atom. The number of carbonyl (C=O) groups is 2. The van der Waals surface area contributed by atoms with Crippen LogP contribution in [0.5, 0.6) is 0 Å². The molecule has 1 aliphatic rings. The van der Waals surface area contributed by atoms with Gasteiger partial charge in [0.15, 0.2) is 0 Å². The molecular weight excluding hydrogens is 454 g/mol. The number of pyridine rings is 1. The molecule has 1 N–H and O–H groups in total. The number of hydrogen-bond acceptors (Lipinski definition) is 4. The maximum absolute atomic E-state index is 13.7. The highest BCUT2D eigenvalue weighted by atomic mass is 35.5. The molecule has 2 aromatic heterocycles. The van der Waals surface area contributed by atoms with Crippen LogP contribution in [0.2, 0.25) is 5.02 Å². The maximum Gasteiger partial charge on any atom is 0.247 e. The van der Waals surface area contributed by atoms with Crippen LogP contribution in [-0.2, 0) is 22.6 Å². The van der Waals surface area contributed by atoms with Gasteiger partial charge < -0.3 is 10.2 Å². The van der Waals surface area contributed by atoms with Crippen molar-refractivity contribution in [3.63, 3.8) is 0 Å². The summed E-state index contributed by atoms with van der Waals surface area (Å²) in [6.07, 6.45) is 9.09. The molecule has 0 saturated heterocycles. The second-order valence-corrected chi connectivity index (χ2v) is 9.91. The molecule has 1 unspecified atom stereocenters. The number of nitrogens with one attached hydrogen (secondary N) is 1. The highest BCUT2D eigenvalue weighted by Crippen LogP contribution is 2.28. The molecule has 0 aliphatic heterocycles. The van der Waals surface area contributed by atoms with E-state index < -0.39 is 6.04 Å². The minimum atomic E-state index is -0.753. The van der Waals surface area contributed by atoms with E-state index in [0.29, 0.717) is 11.6 Å². The van der Waals surface area contributed by atoms with Gasteiger partial charge in [0.2, 0.25) is 11.8 Å². The summed E-state index contributed by atoms with van der Waals surface area (Å²) in [4.78, 5) is 34.1. The lowest BCUT2D eigenvalue weighted by Gasteiger charge is -2.33. The van der Waals surface area contributed by atoms with Crippen LogP contribution < -0.4 is 5.32 Å². The van der Waals surface area contributed by atoms with Crippen molar-refractivity contribution in [2.45, 2.75) is 57.2 Å². The summed E-state index contributed by atoms with van der Waals surface area (Å²) in [5.74, 6) is -0.243. The third kappa shape index (κ3) is 6.42. The summed E-state index contributed by atoms with van der Waals surface area (Å²) >= 11 is 7.67.